The Labute approximate surface area is 106 Å². The number of benzene rings is 1. The minimum atomic E-state index is -1.07. The monoisotopic (exact) mass is 250 g/mol. The lowest BCUT2D eigenvalue weighted by molar-refractivity contribution is -0.149. The van der Waals surface area contributed by atoms with Crippen molar-refractivity contribution in [2.75, 3.05) is 12.3 Å². The summed E-state index contributed by atoms with van der Waals surface area (Å²) in [5, 5.41) is 2.62. The van der Waals surface area contributed by atoms with E-state index in [4.69, 9.17) is 10.5 Å². The second-order valence-electron chi connectivity index (χ2n) is 4.43. The molecule has 0 bridgehead atoms. The number of carbonyl (C=O) groups excluding carboxylic acids is 2. The maximum atomic E-state index is 11.9. The van der Waals surface area contributed by atoms with Crippen molar-refractivity contribution in [2.24, 2.45) is 0 Å². The van der Waals surface area contributed by atoms with Gasteiger partial charge in [0.1, 0.15) is 5.54 Å². The number of esters is 1. The van der Waals surface area contributed by atoms with Crippen LogP contribution in [0.25, 0.3) is 0 Å². The third-order valence-corrected chi connectivity index (χ3v) is 2.36. The first-order valence-electron chi connectivity index (χ1n) is 5.72. The molecule has 0 heterocycles. The molecule has 1 amide bonds. The number of hydrogen-bond acceptors (Lipinski definition) is 4. The van der Waals surface area contributed by atoms with E-state index >= 15 is 0 Å². The molecule has 0 aliphatic heterocycles. The van der Waals surface area contributed by atoms with Crippen LogP contribution in [-0.2, 0) is 9.53 Å². The van der Waals surface area contributed by atoms with E-state index in [9.17, 15) is 9.59 Å². The van der Waals surface area contributed by atoms with Crippen molar-refractivity contribution in [1.29, 1.82) is 0 Å². The minimum absolute atomic E-state index is 0.274. The zero-order valence-corrected chi connectivity index (χ0v) is 10.8. The molecule has 0 saturated heterocycles. The summed E-state index contributed by atoms with van der Waals surface area (Å²) in [6.07, 6.45) is 0. The Morgan fingerprint density at radius 1 is 1.39 bits per heavy atom. The van der Waals surface area contributed by atoms with Crippen LogP contribution in [0.5, 0.6) is 0 Å². The molecule has 98 valence electrons. The van der Waals surface area contributed by atoms with Crippen molar-refractivity contribution in [3.63, 3.8) is 0 Å². The Kier molecular flexibility index (Phi) is 4.31. The van der Waals surface area contributed by atoms with Gasteiger partial charge in [-0.3, -0.25) is 4.79 Å². The molecule has 0 aromatic heterocycles. The highest BCUT2D eigenvalue weighted by molar-refractivity contribution is 5.98. The number of nitrogens with two attached hydrogens (primary N) is 1. The molecule has 0 radical (unpaired) electrons. The lowest BCUT2D eigenvalue weighted by atomic mass is 10.0. The molecular weight excluding hydrogens is 232 g/mol. The second kappa shape index (κ2) is 5.53. The van der Waals surface area contributed by atoms with Crippen LogP contribution in [0.2, 0.25) is 0 Å². The van der Waals surface area contributed by atoms with E-state index in [0.717, 1.165) is 0 Å². The molecule has 0 atom stereocenters. The van der Waals surface area contributed by atoms with Gasteiger partial charge in [-0.15, -0.1) is 0 Å². The highest BCUT2D eigenvalue weighted by Gasteiger charge is 2.31. The fraction of sp³-hybridized carbons (Fsp3) is 0.385. The summed E-state index contributed by atoms with van der Waals surface area (Å²) in [7, 11) is 0. The summed E-state index contributed by atoms with van der Waals surface area (Å²) >= 11 is 0. The first kappa shape index (κ1) is 14.0. The van der Waals surface area contributed by atoms with Gasteiger partial charge >= 0.3 is 5.97 Å². The van der Waals surface area contributed by atoms with Crippen LogP contribution in [0, 0.1) is 0 Å². The quantitative estimate of drug-likeness (QED) is 0.624. The van der Waals surface area contributed by atoms with Gasteiger partial charge in [-0.25, -0.2) is 4.79 Å². The molecule has 3 N–H and O–H groups in total. The molecule has 1 rings (SSSR count). The average Bonchev–Trinajstić information content (AvgIpc) is 2.28. The van der Waals surface area contributed by atoms with E-state index in [1.807, 2.05) is 0 Å². The van der Waals surface area contributed by atoms with Crippen LogP contribution in [0.15, 0.2) is 24.3 Å². The zero-order valence-electron chi connectivity index (χ0n) is 10.8. The Morgan fingerprint density at radius 3 is 2.61 bits per heavy atom. The SMILES string of the molecule is CCOC(=O)C(C)(C)NC(=O)c1cccc(N)c1. The van der Waals surface area contributed by atoms with E-state index in [1.54, 1.807) is 45.0 Å². The molecule has 5 nitrogen and oxygen atoms in total. The number of hydrogen-bond donors (Lipinski definition) is 2. The van der Waals surface area contributed by atoms with Crippen molar-refractivity contribution in [3.05, 3.63) is 29.8 Å². The number of amides is 1. The molecule has 5 heteroatoms. The third kappa shape index (κ3) is 3.48. The van der Waals surface area contributed by atoms with Crippen LogP contribution in [0.1, 0.15) is 31.1 Å². The standard InChI is InChI=1S/C13H18N2O3/c1-4-18-12(17)13(2,3)15-11(16)9-6-5-7-10(14)8-9/h5-8H,4,14H2,1-3H3,(H,15,16). The van der Waals surface area contributed by atoms with Crippen LogP contribution in [0.4, 0.5) is 5.69 Å². The van der Waals surface area contributed by atoms with Crippen LogP contribution >= 0.6 is 0 Å². The second-order valence-corrected chi connectivity index (χ2v) is 4.43. The van der Waals surface area contributed by atoms with Crippen molar-refractivity contribution in [3.8, 4) is 0 Å². The topological polar surface area (TPSA) is 81.4 Å². The zero-order chi connectivity index (χ0) is 13.8. The molecular formula is C13H18N2O3. The summed E-state index contributed by atoms with van der Waals surface area (Å²) in [5.41, 5.74) is 5.43. The first-order valence-corrected chi connectivity index (χ1v) is 5.72. The smallest absolute Gasteiger partial charge is 0.331 e. The number of nitrogens with one attached hydrogen (secondary N) is 1. The van der Waals surface area contributed by atoms with E-state index < -0.39 is 11.5 Å². The molecule has 1 aromatic rings. The van der Waals surface area contributed by atoms with Gasteiger partial charge in [-0.1, -0.05) is 6.07 Å². The van der Waals surface area contributed by atoms with Crippen LogP contribution in [-0.4, -0.2) is 24.0 Å². The molecule has 0 saturated carbocycles. The van der Waals surface area contributed by atoms with Gasteiger partial charge in [0, 0.05) is 11.3 Å². The normalized spacial score (nSPS) is 10.8. The average molecular weight is 250 g/mol. The Morgan fingerprint density at radius 2 is 2.06 bits per heavy atom. The first-order chi connectivity index (χ1) is 8.36. The van der Waals surface area contributed by atoms with Crippen LogP contribution < -0.4 is 11.1 Å². The fourth-order valence-electron chi connectivity index (χ4n) is 1.40. The molecule has 0 aliphatic carbocycles. The number of rotatable bonds is 4. The van der Waals surface area contributed by atoms with Gasteiger partial charge in [0.2, 0.25) is 0 Å². The van der Waals surface area contributed by atoms with Gasteiger partial charge in [0.25, 0.3) is 5.91 Å². The summed E-state index contributed by atoms with van der Waals surface area (Å²) in [5.74, 6) is -0.831. The van der Waals surface area contributed by atoms with E-state index in [1.165, 1.54) is 0 Å². The van der Waals surface area contributed by atoms with Crippen molar-refractivity contribution in [2.45, 2.75) is 26.3 Å². The van der Waals surface area contributed by atoms with E-state index in [2.05, 4.69) is 5.32 Å². The molecule has 0 aliphatic rings. The summed E-state index contributed by atoms with van der Waals surface area (Å²) in [6, 6.07) is 6.55. The van der Waals surface area contributed by atoms with Gasteiger partial charge in [0.05, 0.1) is 6.61 Å². The third-order valence-electron chi connectivity index (χ3n) is 2.36. The molecule has 0 unspecified atom stereocenters. The molecule has 0 fully saturated rings. The minimum Gasteiger partial charge on any atom is -0.464 e. The highest BCUT2D eigenvalue weighted by Crippen LogP contribution is 2.10. The summed E-state index contributed by atoms with van der Waals surface area (Å²) < 4.78 is 4.89. The van der Waals surface area contributed by atoms with Crippen LogP contribution in [0.3, 0.4) is 0 Å². The van der Waals surface area contributed by atoms with Gasteiger partial charge in [-0.2, -0.15) is 0 Å². The Hall–Kier alpha value is -2.04. The Balaban J connectivity index is 2.78. The summed E-state index contributed by atoms with van der Waals surface area (Å²) in [4.78, 5) is 23.6. The molecule has 0 spiro atoms. The van der Waals surface area contributed by atoms with E-state index in [-0.39, 0.29) is 12.5 Å². The predicted octanol–water partition coefficient (Wildman–Crippen LogP) is 1.34. The molecule has 18 heavy (non-hydrogen) atoms. The number of nitrogen functional groups attached to an aromatic ring is 1. The van der Waals surface area contributed by atoms with Gasteiger partial charge in [-0.05, 0) is 39.0 Å². The number of carbonyl (C=O) groups is 2. The van der Waals surface area contributed by atoms with Gasteiger partial charge < -0.3 is 15.8 Å². The maximum Gasteiger partial charge on any atom is 0.331 e. The van der Waals surface area contributed by atoms with Crippen molar-refractivity contribution < 1.29 is 14.3 Å². The predicted molar refractivity (Wildman–Crippen MR) is 69.0 cm³/mol. The number of anilines is 1. The lowest BCUT2D eigenvalue weighted by Gasteiger charge is -2.23. The van der Waals surface area contributed by atoms with Crippen molar-refractivity contribution >= 4 is 17.6 Å². The van der Waals surface area contributed by atoms with Crippen molar-refractivity contribution in [1.82, 2.24) is 5.32 Å². The number of ether oxygens (including phenoxy) is 1. The summed E-state index contributed by atoms with van der Waals surface area (Å²) in [6.45, 7) is 5.18. The van der Waals surface area contributed by atoms with E-state index in [0.29, 0.717) is 11.3 Å². The Bertz CT molecular complexity index is 455. The van der Waals surface area contributed by atoms with Gasteiger partial charge in [0.15, 0.2) is 0 Å². The largest absolute Gasteiger partial charge is 0.464 e. The maximum absolute atomic E-state index is 11.9. The molecule has 1 aromatic carbocycles. The highest BCUT2D eigenvalue weighted by atomic mass is 16.5. The lowest BCUT2D eigenvalue weighted by Crippen LogP contribution is -2.50. The fourth-order valence-corrected chi connectivity index (χ4v) is 1.40.